The van der Waals surface area contributed by atoms with Crippen molar-refractivity contribution in [3.63, 3.8) is 0 Å². The number of benzene rings is 1. The van der Waals surface area contributed by atoms with E-state index >= 15 is 0 Å². The maximum Gasteiger partial charge on any atom is 0.408 e. The molecule has 0 N–H and O–H groups in total. The quantitative estimate of drug-likeness (QED) is 0.253. The van der Waals surface area contributed by atoms with Crippen LogP contribution in [0.1, 0.15) is 21.9 Å². The van der Waals surface area contributed by atoms with E-state index in [0.29, 0.717) is 11.5 Å². The van der Waals surface area contributed by atoms with Gasteiger partial charge in [-0.1, -0.05) is 23.7 Å². The summed E-state index contributed by atoms with van der Waals surface area (Å²) in [6.07, 6.45) is 3.84. The van der Waals surface area contributed by atoms with Crippen molar-refractivity contribution in [3.8, 4) is 0 Å². The second kappa shape index (κ2) is 7.84. The third-order valence-electron chi connectivity index (χ3n) is 3.64. The van der Waals surface area contributed by atoms with Crippen LogP contribution in [0.4, 0.5) is 11.5 Å². The molecule has 3 aromatic rings. The number of allylic oxidation sites excluding steroid dienone is 1. The van der Waals surface area contributed by atoms with Gasteiger partial charge in [-0.15, -0.1) is 0 Å². The van der Waals surface area contributed by atoms with Crippen LogP contribution in [0.5, 0.6) is 0 Å². The molecular weight excluding hydrogens is 392 g/mol. The Morgan fingerprint density at radius 3 is 2.61 bits per heavy atom. The predicted octanol–water partition coefficient (Wildman–Crippen LogP) is 3.89. The van der Waals surface area contributed by atoms with Gasteiger partial charge in [0.05, 0.1) is 21.8 Å². The molecule has 0 radical (unpaired) electrons. The molecule has 0 spiro atoms. The number of carbonyl (C=O) groups excluding carboxylic acids is 1. The molecule has 2 heterocycles. The molecule has 28 heavy (non-hydrogen) atoms. The van der Waals surface area contributed by atoms with Crippen molar-refractivity contribution < 1.29 is 19.1 Å². The summed E-state index contributed by atoms with van der Waals surface area (Å²) in [5.74, 6) is -0.246. The van der Waals surface area contributed by atoms with Gasteiger partial charge < -0.3 is 14.5 Å². The average molecular weight is 403 g/mol. The first-order valence-electron chi connectivity index (χ1n) is 7.77. The third kappa shape index (κ3) is 4.13. The fourth-order valence-corrected chi connectivity index (χ4v) is 2.63. The van der Waals surface area contributed by atoms with Gasteiger partial charge in [-0.3, -0.25) is 14.9 Å². The normalized spacial score (nSPS) is 11.0. The largest absolute Gasteiger partial charge is 0.460 e. The maximum atomic E-state index is 12.2. The molecular formula is C17H11ClN4O6. The summed E-state index contributed by atoms with van der Waals surface area (Å²) in [5.41, 5.74) is -0.316. The lowest BCUT2D eigenvalue weighted by molar-refractivity contribution is -0.389. The van der Waals surface area contributed by atoms with Gasteiger partial charge in [-0.05, 0) is 35.3 Å². The highest BCUT2D eigenvalue weighted by Gasteiger charge is 2.20. The molecule has 0 atom stereocenters. The van der Waals surface area contributed by atoms with Crippen LogP contribution < -0.4 is 0 Å². The number of furan rings is 1. The molecule has 2 aromatic heterocycles. The lowest BCUT2D eigenvalue weighted by atomic mass is 10.1. The fourth-order valence-electron chi connectivity index (χ4n) is 2.41. The highest BCUT2D eigenvalue weighted by Crippen LogP contribution is 2.23. The van der Waals surface area contributed by atoms with Gasteiger partial charge in [0.1, 0.15) is 18.1 Å². The van der Waals surface area contributed by atoms with Crippen molar-refractivity contribution in [2.24, 2.45) is 0 Å². The van der Waals surface area contributed by atoms with E-state index in [4.69, 9.17) is 16.0 Å². The molecule has 142 valence electrons. The molecule has 0 saturated heterocycles. The lowest BCUT2D eigenvalue weighted by Gasteiger charge is -1.97. The Morgan fingerprint density at radius 1 is 1.18 bits per heavy atom. The van der Waals surface area contributed by atoms with Crippen molar-refractivity contribution in [1.29, 1.82) is 0 Å². The Morgan fingerprint density at radius 2 is 1.93 bits per heavy atom. The van der Waals surface area contributed by atoms with Crippen molar-refractivity contribution in [3.05, 3.63) is 91.0 Å². The van der Waals surface area contributed by atoms with Crippen LogP contribution in [-0.4, -0.2) is 25.4 Å². The Hall–Kier alpha value is -3.79. The molecule has 0 unspecified atom stereocenters. The number of rotatable bonds is 7. The number of nitro groups is 2. The van der Waals surface area contributed by atoms with Crippen LogP contribution in [0.25, 0.3) is 6.08 Å². The van der Waals surface area contributed by atoms with Crippen molar-refractivity contribution in [2.45, 2.75) is 6.54 Å². The molecule has 3 rings (SSSR count). The molecule has 0 bridgehead atoms. The number of para-hydroxylation sites is 1. The van der Waals surface area contributed by atoms with Crippen LogP contribution in [-0.2, 0) is 6.54 Å². The summed E-state index contributed by atoms with van der Waals surface area (Å²) < 4.78 is 6.77. The molecule has 0 amide bonds. The van der Waals surface area contributed by atoms with Gasteiger partial charge in [0.15, 0.2) is 10.8 Å². The SMILES string of the molecule is O=C(/C=C/c1ccc(Cn2cc(Cl)c([N+](=O)[O-])n2)o1)c1ccccc1[N+](=O)[O-]. The molecule has 11 heteroatoms. The Bertz CT molecular complexity index is 1100. The standard InChI is InChI=1S/C17H11ClN4O6/c18-14-10-20(19-17(14)22(26)27)9-12-6-5-11(28-12)7-8-16(23)13-3-1-2-4-15(13)21(24)25/h1-8,10H,9H2/b8-7+. The van der Waals surface area contributed by atoms with Crippen LogP contribution in [0.15, 0.2) is 53.1 Å². The molecule has 1 aromatic carbocycles. The zero-order chi connectivity index (χ0) is 20.3. The Kier molecular flexibility index (Phi) is 5.32. The van der Waals surface area contributed by atoms with E-state index in [2.05, 4.69) is 5.10 Å². The van der Waals surface area contributed by atoms with Crippen LogP contribution >= 0.6 is 11.6 Å². The first-order valence-corrected chi connectivity index (χ1v) is 8.15. The van der Waals surface area contributed by atoms with Crippen molar-refractivity contribution in [2.75, 3.05) is 0 Å². The lowest BCUT2D eigenvalue weighted by Crippen LogP contribution is -2.00. The first-order chi connectivity index (χ1) is 13.3. The van der Waals surface area contributed by atoms with E-state index < -0.39 is 21.4 Å². The second-order valence-corrected chi connectivity index (χ2v) is 5.94. The summed E-state index contributed by atoms with van der Waals surface area (Å²) in [6.45, 7) is 0.0967. The second-order valence-electron chi connectivity index (χ2n) is 5.53. The van der Waals surface area contributed by atoms with E-state index in [0.717, 1.165) is 0 Å². The molecule has 10 nitrogen and oxygen atoms in total. The summed E-state index contributed by atoms with van der Waals surface area (Å²) >= 11 is 5.74. The summed E-state index contributed by atoms with van der Waals surface area (Å²) in [7, 11) is 0. The topological polar surface area (TPSA) is 134 Å². The van der Waals surface area contributed by atoms with Crippen LogP contribution in [0, 0.1) is 20.2 Å². The number of nitro benzene ring substituents is 1. The minimum absolute atomic E-state index is 0.0333. The van der Waals surface area contributed by atoms with E-state index in [9.17, 15) is 25.0 Å². The number of hydrogen-bond donors (Lipinski definition) is 0. The number of ketones is 1. The number of carbonyl (C=O) groups is 1. The first kappa shape index (κ1) is 19.0. The molecule has 0 fully saturated rings. The van der Waals surface area contributed by atoms with Gasteiger partial charge in [0.25, 0.3) is 5.69 Å². The summed E-state index contributed by atoms with van der Waals surface area (Å²) in [5, 5.41) is 25.4. The monoisotopic (exact) mass is 402 g/mol. The van der Waals surface area contributed by atoms with E-state index in [1.54, 1.807) is 12.1 Å². The van der Waals surface area contributed by atoms with E-state index in [1.807, 2.05) is 0 Å². The molecule has 0 saturated carbocycles. The van der Waals surface area contributed by atoms with Crippen LogP contribution in [0.3, 0.4) is 0 Å². The smallest absolute Gasteiger partial charge is 0.408 e. The number of hydrogen-bond acceptors (Lipinski definition) is 7. The van der Waals surface area contributed by atoms with Crippen LogP contribution in [0.2, 0.25) is 5.02 Å². The fraction of sp³-hybridized carbons (Fsp3) is 0.0588. The highest BCUT2D eigenvalue weighted by atomic mass is 35.5. The number of aromatic nitrogens is 2. The van der Waals surface area contributed by atoms with E-state index in [-0.39, 0.29) is 22.8 Å². The van der Waals surface area contributed by atoms with Gasteiger partial charge in [-0.2, -0.15) is 4.68 Å². The third-order valence-corrected chi connectivity index (χ3v) is 3.90. The predicted molar refractivity (Wildman–Crippen MR) is 98.2 cm³/mol. The summed E-state index contributed by atoms with van der Waals surface area (Å²) in [6, 6.07) is 8.82. The van der Waals surface area contributed by atoms with Crippen molar-refractivity contribution in [1.82, 2.24) is 9.78 Å². The van der Waals surface area contributed by atoms with Gasteiger partial charge in [-0.25, -0.2) is 0 Å². The van der Waals surface area contributed by atoms with Gasteiger partial charge in [0, 0.05) is 6.07 Å². The zero-order valence-electron chi connectivity index (χ0n) is 14.0. The maximum absolute atomic E-state index is 12.2. The molecule has 0 aliphatic carbocycles. The highest BCUT2D eigenvalue weighted by molar-refractivity contribution is 6.32. The Balaban J connectivity index is 1.72. The number of halogens is 1. The van der Waals surface area contributed by atoms with Gasteiger partial charge in [0.2, 0.25) is 0 Å². The molecule has 0 aliphatic rings. The minimum Gasteiger partial charge on any atom is -0.460 e. The van der Waals surface area contributed by atoms with E-state index in [1.165, 1.54) is 47.3 Å². The summed E-state index contributed by atoms with van der Waals surface area (Å²) in [4.78, 5) is 32.7. The van der Waals surface area contributed by atoms with Gasteiger partial charge >= 0.3 is 5.82 Å². The zero-order valence-corrected chi connectivity index (χ0v) is 14.8. The Labute approximate surface area is 161 Å². The molecule has 0 aliphatic heterocycles. The minimum atomic E-state index is -0.691. The average Bonchev–Trinajstić information content (AvgIpc) is 3.26. The number of nitrogens with zero attached hydrogens (tertiary/aromatic N) is 4. The van der Waals surface area contributed by atoms with Crippen molar-refractivity contribution >= 4 is 35.0 Å².